The first-order chi connectivity index (χ1) is 12.2. The molecular formula is C19H27FN2O4. The van der Waals surface area contributed by atoms with Crippen LogP contribution in [0.1, 0.15) is 32.8 Å². The van der Waals surface area contributed by atoms with E-state index in [1.165, 1.54) is 4.90 Å². The highest BCUT2D eigenvalue weighted by Crippen LogP contribution is 2.22. The summed E-state index contributed by atoms with van der Waals surface area (Å²) in [5.41, 5.74) is 0.278. The van der Waals surface area contributed by atoms with Gasteiger partial charge in [0.1, 0.15) is 18.4 Å². The third-order valence-electron chi connectivity index (χ3n) is 4.05. The Morgan fingerprint density at radius 3 is 2.58 bits per heavy atom. The van der Waals surface area contributed by atoms with E-state index < -0.39 is 24.0 Å². The van der Waals surface area contributed by atoms with E-state index in [4.69, 9.17) is 9.47 Å². The first-order valence-electron chi connectivity index (χ1n) is 8.81. The van der Waals surface area contributed by atoms with E-state index >= 15 is 0 Å². The van der Waals surface area contributed by atoms with Gasteiger partial charge in [0.15, 0.2) is 0 Å². The number of carbonyl (C=O) groups excluding carboxylic acids is 2. The monoisotopic (exact) mass is 366 g/mol. The Kier molecular flexibility index (Phi) is 6.83. The van der Waals surface area contributed by atoms with E-state index in [-0.39, 0.29) is 25.6 Å². The van der Waals surface area contributed by atoms with Crippen LogP contribution in [-0.4, -0.2) is 48.5 Å². The summed E-state index contributed by atoms with van der Waals surface area (Å²) >= 11 is 0. The molecule has 6 nitrogen and oxygen atoms in total. The van der Waals surface area contributed by atoms with Gasteiger partial charge in [-0.15, -0.1) is 0 Å². The Labute approximate surface area is 153 Å². The average molecular weight is 366 g/mol. The predicted octanol–water partition coefficient (Wildman–Crippen LogP) is 3.51. The van der Waals surface area contributed by atoms with Crippen LogP contribution in [0.15, 0.2) is 30.3 Å². The van der Waals surface area contributed by atoms with Gasteiger partial charge in [0.25, 0.3) is 0 Å². The van der Waals surface area contributed by atoms with Gasteiger partial charge in [-0.05, 0) is 32.8 Å². The minimum atomic E-state index is -1.22. The molecule has 1 heterocycles. The number of carbonyl (C=O) groups is 2. The summed E-state index contributed by atoms with van der Waals surface area (Å²) in [7, 11) is 0. The second kappa shape index (κ2) is 8.87. The average Bonchev–Trinajstić information content (AvgIpc) is 2.58. The number of alkyl halides is 1. The van der Waals surface area contributed by atoms with Crippen LogP contribution in [0.25, 0.3) is 0 Å². The molecule has 2 unspecified atom stereocenters. The normalized spacial score (nSPS) is 20.4. The van der Waals surface area contributed by atoms with Crippen LogP contribution in [0.2, 0.25) is 0 Å². The van der Waals surface area contributed by atoms with Crippen molar-refractivity contribution in [3.8, 4) is 0 Å². The maximum absolute atomic E-state index is 14.4. The molecule has 1 aliphatic heterocycles. The largest absolute Gasteiger partial charge is 0.445 e. The van der Waals surface area contributed by atoms with Crippen LogP contribution in [-0.2, 0) is 16.1 Å². The van der Waals surface area contributed by atoms with E-state index in [0.29, 0.717) is 13.0 Å². The summed E-state index contributed by atoms with van der Waals surface area (Å²) in [5, 5.41) is 2.60. The molecule has 2 rings (SSSR count). The summed E-state index contributed by atoms with van der Waals surface area (Å²) in [6.45, 7) is 6.04. The summed E-state index contributed by atoms with van der Waals surface area (Å²) < 4.78 is 24.7. The standard InChI is InChI=1S/C19H27FN2O4/c1-19(2,3)26-18(24)22-10-9-15(16(20)12-22)11-21-17(23)25-13-14-7-5-4-6-8-14/h4-8,15-16H,9-13H2,1-3H3,(H,21,23). The highest BCUT2D eigenvalue weighted by molar-refractivity contribution is 5.68. The summed E-state index contributed by atoms with van der Waals surface area (Å²) in [5.74, 6) is -0.349. The maximum Gasteiger partial charge on any atom is 0.410 e. The molecule has 1 N–H and O–H groups in total. The third-order valence-corrected chi connectivity index (χ3v) is 4.05. The molecule has 2 atom stereocenters. The van der Waals surface area contributed by atoms with Crippen LogP contribution < -0.4 is 5.32 Å². The number of alkyl carbamates (subject to hydrolysis) is 1. The van der Waals surface area contributed by atoms with Crippen molar-refractivity contribution in [2.75, 3.05) is 19.6 Å². The number of rotatable bonds is 4. The van der Waals surface area contributed by atoms with Gasteiger partial charge in [-0.25, -0.2) is 14.0 Å². The number of ether oxygens (including phenoxy) is 2. The fourth-order valence-corrected chi connectivity index (χ4v) is 2.66. The number of hydrogen-bond donors (Lipinski definition) is 1. The Bertz CT molecular complexity index is 603. The van der Waals surface area contributed by atoms with Crippen LogP contribution in [0.3, 0.4) is 0 Å². The first-order valence-corrected chi connectivity index (χ1v) is 8.81. The van der Waals surface area contributed by atoms with E-state index in [1.54, 1.807) is 20.8 Å². The molecule has 0 bridgehead atoms. The molecule has 1 aromatic rings. The van der Waals surface area contributed by atoms with Crippen molar-refractivity contribution >= 4 is 12.2 Å². The summed E-state index contributed by atoms with van der Waals surface area (Å²) in [4.78, 5) is 25.1. The van der Waals surface area contributed by atoms with Crippen molar-refractivity contribution in [2.24, 2.45) is 5.92 Å². The maximum atomic E-state index is 14.4. The zero-order valence-electron chi connectivity index (χ0n) is 15.5. The zero-order valence-corrected chi connectivity index (χ0v) is 15.5. The molecule has 144 valence electrons. The molecule has 2 amide bonds. The molecule has 0 aromatic heterocycles. The first kappa shape index (κ1) is 20.0. The second-order valence-corrected chi connectivity index (χ2v) is 7.43. The van der Waals surface area contributed by atoms with Crippen LogP contribution in [0.5, 0.6) is 0 Å². The molecule has 1 fully saturated rings. The SMILES string of the molecule is CC(C)(C)OC(=O)N1CCC(CNC(=O)OCc2ccccc2)C(F)C1. The van der Waals surface area contributed by atoms with Crippen molar-refractivity contribution in [1.82, 2.24) is 10.2 Å². The molecule has 0 spiro atoms. The van der Waals surface area contributed by atoms with Crippen LogP contribution in [0.4, 0.5) is 14.0 Å². The van der Waals surface area contributed by atoms with Crippen molar-refractivity contribution < 1.29 is 23.5 Å². The van der Waals surface area contributed by atoms with Gasteiger partial charge < -0.3 is 19.7 Å². The fraction of sp³-hybridized carbons (Fsp3) is 0.579. The van der Waals surface area contributed by atoms with Gasteiger partial charge in [0, 0.05) is 19.0 Å². The molecule has 1 saturated heterocycles. The Morgan fingerprint density at radius 2 is 1.96 bits per heavy atom. The lowest BCUT2D eigenvalue weighted by Crippen LogP contribution is -2.49. The molecule has 0 aliphatic carbocycles. The number of nitrogens with zero attached hydrogens (tertiary/aromatic N) is 1. The molecular weight excluding hydrogens is 339 g/mol. The van der Waals surface area contributed by atoms with Crippen molar-refractivity contribution in [2.45, 2.75) is 45.6 Å². The number of amides is 2. The van der Waals surface area contributed by atoms with Crippen molar-refractivity contribution in [3.63, 3.8) is 0 Å². The van der Waals surface area contributed by atoms with Gasteiger partial charge in [-0.3, -0.25) is 0 Å². The van der Waals surface area contributed by atoms with Crippen LogP contribution >= 0.6 is 0 Å². The third kappa shape index (κ3) is 6.54. The topological polar surface area (TPSA) is 67.9 Å². The Balaban J connectivity index is 1.71. The number of likely N-dealkylation sites (tertiary alicyclic amines) is 1. The molecule has 0 saturated carbocycles. The van der Waals surface area contributed by atoms with E-state index in [1.807, 2.05) is 30.3 Å². The van der Waals surface area contributed by atoms with E-state index in [0.717, 1.165) is 5.56 Å². The molecule has 0 radical (unpaired) electrons. The fourth-order valence-electron chi connectivity index (χ4n) is 2.66. The van der Waals surface area contributed by atoms with Gasteiger partial charge in [-0.1, -0.05) is 30.3 Å². The molecule has 26 heavy (non-hydrogen) atoms. The predicted molar refractivity (Wildman–Crippen MR) is 95.4 cm³/mol. The number of piperidine rings is 1. The van der Waals surface area contributed by atoms with Gasteiger partial charge in [0.2, 0.25) is 0 Å². The Morgan fingerprint density at radius 1 is 1.27 bits per heavy atom. The Hall–Kier alpha value is -2.31. The zero-order chi connectivity index (χ0) is 19.2. The van der Waals surface area contributed by atoms with Gasteiger partial charge >= 0.3 is 12.2 Å². The van der Waals surface area contributed by atoms with Gasteiger partial charge in [-0.2, -0.15) is 0 Å². The highest BCUT2D eigenvalue weighted by atomic mass is 19.1. The number of halogens is 1. The lowest BCUT2D eigenvalue weighted by atomic mass is 9.95. The van der Waals surface area contributed by atoms with Crippen LogP contribution in [0, 0.1) is 5.92 Å². The number of hydrogen-bond acceptors (Lipinski definition) is 4. The quantitative estimate of drug-likeness (QED) is 0.885. The summed E-state index contributed by atoms with van der Waals surface area (Å²) in [6, 6.07) is 9.33. The summed E-state index contributed by atoms with van der Waals surface area (Å²) in [6.07, 6.45) is -1.84. The minimum absolute atomic E-state index is 0.0275. The van der Waals surface area contributed by atoms with Crippen molar-refractivity contribution in [1.29, 1.82) is 0 Å². The number of benzene rings is 1. The molecule has 1 aromatic carbocycles. The second-order valence-electron chi connectivity index (χ2n) is 7.43. The molecule has 1 aliphatic rings. The minimum Gasteiger partial charge on any atom is -0.445 e. The van der Waals surface area contributed by atoms with Gasteiger partial charge in [0.05, 0.1) is 6.54 Å². The smallest absolute Gasteiger partial charge is 0.410 e. The number of nitrogens with one attached hydrogen (secondary N) is 1. The molecule has 7 heteroatoms. The lowest BCUT2D eigenvalue weighted by Gasteiger charge is -2.35. The van der Waals surface area contributed by atoms with E-state index in [2.05, 4.69) is 5.32 Å². The lowest BCUT2D eigenvalue weighted by molar-refractivity contribution is 0.00539. The van der Waals surface area contributed by atoms with Crippen molar-refractivity contribution in [3.05, 3.63) is 35.9 Å². The highest BCUT2D eigenvalue weighted by Gasteiger charge is 2.33. The van der Waals surface area contributed by atoms with E-state index in [9.17, 15) is 14.0 Å².